The average Bonchev–Trinajstić information content (AvgIpc) is 2.03. The van der Waals surface area contributed by atoms with E-state index in [-0.39, 0.29) is 0 Å². The van der Waals surface area contributed by atoms with Crippen molar-refractivity contribution < 1.29 is 38.9 Å². The van der Waals surface area contributed by atoms with Crippen molar-refractivity contribution in [3.05, 3.63) is 11.5 Å². The Hall–Kier alpha value is -0.620. The molecule has 0 heterocycles. The molecule has 0 aromatic heterocycles. The monoisotopic (exact) mass is 278 g/mol. The van der Waals surface area contributed by atoms with Gasteiger partial charge in [-0.2, -0.15) is 0 Å². The highest BCUT2D eigenvalue weighted by Crippen LogP contribution is 2.07. The summed E-state index contributed by atoms with van der Waals surface area (Å²) in [6, 6.07) is 0. The molecule has 0 rings (SSSR count). The lowest BCUT2D eigenvalue weighted by Crippen LogP contribution is -1.86. The first-order valence-electron chi connectivity index (χ1n) is 3.98. The van der Waals surface area contributed by atoms with E-state index < -0.39 is 22.5 Å². The lowest BCUT2D eigenvalue weighted by molar-refractivity contribution is 0.182. The molecule has 0 aliphatic heterocycles. The highest BCUT2D eigenvalue weighted by atomic mass is 31.1. The van der Waals surface area contributed by atoms with Gasteiger partial charge in [0.05, 0.1) is 0 Å². The Morgan fingerprint density at radius 1 is 0.875 bits per heavy atom. The van der Waals surface area contributed by atoms with Gasteiger partial charge in [0, 0.05) is 14.7 Å². The SMILES string of the molecule is CCC(CC)=C(O)O.O=[P+](O)O.O=[P+](O)O. The van der Waals surface area contributed by atoms with Gasteiger partial charge in [0.25, 0.3) is 5.95 Å². The fourth-order valence-electron chi connectivity index (χ4n) is 0.566. The predicted molar refractivity (Wildman–Crippen MR) is 57.0 cm³/mol. The van der Waals surface area contributed by atoms with E-state index in [1.807, 2.05) is 13.8 Å². The number of hydrogen-bond donors (Lipinski definition) is 6. The van der Waals surface area contributed by atoms with Crippen molar-refractivity contribution in [2.24, 2.45) is 0 Å². The molecule has 0 radical (unpaired) electrons. The first-order valence-corrected chi connectivity index (χ1v) is 6.31. The van der Waals surface area contributed by atoms with Crippen molar-refractivity contribution in [3.8, 4) is 0 Å². The van der Waals surface area contributed by atoms with Gasteiger partial charge < -0.3 is 10.2 Å². The minimum absolute atomic E-state index is 0.505. The number of allylic oxidation sites excluding steroid dienone is 1. The van der Waals surface area contributed by atoms with Crippen LogP contribution in [0.3, 0.4) is 0 Å². The van der Waals surface area contributed by atoms with Gasteiger partial charge >= 0.3 is 16.5 Å². The summed E-state index contributed by atoms with van der Waals surface area (Å²) in [5.41, 5.74) is 0.713. The van der Waals surface area contributed by atoms with Crippen LogP contribution < -0.4 is 0 Å². The van der Waals surface area contributed by atoms with E-state index in [0.29, 0.717) is 5.57 Å². The number of hydrogen-bond acceptors (Lipinski definition) is 4. The highest BCUT2D eigenvalue weighted by molar-refractivity contribution is 7.31. The summed E-state index contributed by atoms with van der Waals surface area (Å²) in [6.45, 7) is 3.79. The maximum atomic E-state index is 8.70. The molecule has 0 aromatic carbocycles. The molecule has 0 aromatic rings. The molecule has 0 aliphatic rings. The molecule has 10 heteroatoms. The Bertz CT molecular complexity index is 209. The first kappa shape index (κ1) is 20.8. The smallest absolute Gasteiger partial charge is 0.481 e. The standard InChI is InChI=1S/C6H12O2.2HO3P/c1-3-5(4-2)6(7)8;2*1-4(2)3/h7-8H,3-4H2,1-2H3;2*(H-,1,2,3)/p+2. The molecule has 16 heavy (non-hydrogen) atoms. The number of rotatable bonds is 2. The summed E-state index contributed by atoms with van der Waals surface area (Å²) in [5, 5.41) is 16.9. The van der Waals surface area contributed by atoms with E-state index in [9.17, 15) is 0 Å². The first-order chi connectivity index (χ1) is 7.18. The van der Waals surface area contributed by atoms with Crippen LogP contribution in [0.25, 0.3) is 0 Å². The van der Waals surface area contributed by atoms with Crippen molar-refractivity contribution >= 4 is 16.5 Å². The Labute approximate surface area is 94.4 Å². The van der Waals surface area contributed by atoms with E-state index in [1.54, 1.807) is 0 Å². The topological polar surface area (TPSA) is 156 Å². The van der Waals surface area contributed by atoms with E-state index in [4.69, 9.17) is 38.9 Å². The molecule has 6 N–H and O–H groups in total. The Morgan fingerprint density at radius 2 is 1.06 bits per heavy atom. The van der Waals surface area contributed by atoms with E-state index in [0.717, 1.165) is 12.8 Å². The second-order valence-corrected chi connectivity index (χ2v) is 3.15. The van der Waals surface area contributed by atoms with Gasteiger partial charge in [-0.25, -0.2) is 0 Å². The molecule has 8 nitrogen and oxygen atoms in total. The normalized spacial score (nSPS) is 7.62. The summed E-state index contributed by atoms with van der Waals surface area (Å²) >= 11 is 0. The molecule has 0 fully saturated rings. The van der Waals surface area contributed by atoms with Crippen LogP contribution in [0.1, 0.15) is 26.7 Å². The number of aliphatic hydroxyl groups is 2. The fourth-order valence-corrected chi connectivity index (χ4v) is 0.566. The Balaban J connectivity index is -0.000000179. The van der Waals surface area contributed by atoms with Crippen molar-refractivity contribution in [1.29, 1.82) is 0 Å². The van der Waals surface area contributed by atoms with Crippen molar-refractivity contribution in [2.45, 2.75) is 26.7 Å². The predicted octanol–water partition coefficient (Wildman–Crippen LogP) is 1.39. The molecule has 0 bridgehead atoms. The molecular weight excluding hydrogens is 262 g/mol. The minimum atomic E-state index is -2.87. The zero-order valence-corrected chi connectivity index (χ0v) is 10.6. The van der Waals surface area contributed by atoms with Crippen LogP contribution in [0, 0.1) is 0 Å². The molecule has 0 unspecified atom stereocenters. The summed E-state index contributed by atoms with van der Waals surface area (Å²) < 4.78 is 17.4. The lowest BCUT2D eigenvalue weighted by Gasteiger charge is -1.96. The van der Waals surface area contributed by atoms with E-state index in [1.165, 1.54) is 0 Å². The van der Waals surface area contributed by atoms with Crippen molar-refractivity contribution in [2.75, 3.05) is 0 Å². The Morgan fingerprint density at radius 3 is 1.06 bits per heavy atom. The second kappa shape index (κ2) is 14.4. The van der Waals surface area contributed by atoms with Gasteiger partial charge in [-0.15, -0.1) is 19.6 Å². The minimum Gasteiger partial charge on any atom is -0.481 e. The molecular formula is C6H16O8P2+2. The van der Waals surface area contributed by atoms with Crippen LogP contribution in [0.4, 0.5) is 0 Å². The van der Waals surface area contributed by atoms with Gasteiger partial charge in [0.2, 0.25) is 0 Å². The van der Waals surface area contributed by atoms with Gasteiger partial charge in [0.1, 0.15) is 0 Å². The number of aliphatic hydroxyl groups excluding tert-OH is 1. The lowest BCUT2D eigenvalue weighted by atomic mass is 10.2. The van der Waals surface area contributed by atoms with Crippen LogP contribution >= 0.6 is 16.5 Å². The molecule has 0 saturated heterocycles. The van der Waals surface area contributed by atoms with Crippen molar-refractivity contribution in [3.63, 3.8) is 0 Å². The third-order valence-electron chi connectivity index (χ3n) is 1.17. The Kier molecular flexibility index (Phi) is 18.6. The summed E-state index contributed by atoms with van der Waals surface area (Å²) in [7, 11) is -5.74. The molecule has 0 aliphatic carbocycles. The molecule has 0 saturated carbocycles. The molecule has 96 valence electrons. The van der Waals surface area contributed by atoms with Gasteiger partial charge in [-0.1, -0.05) is 13.8 Å². The largest absolute Gasteiger partial charge is 0.692 e. The third kappa shape index (κ3) is 37.7. The highest BCUT2D eigenvalue weighted by Gasteiger charge is 1.95. The van der Waals surface area contributed by atoms with E-state index >= 15 is 0 Å². The van der Waals surface area contributed by atoms with Crippen molar-refractivity contribution in [1.82, 2.24) is 0 Å². The second-order valence-electron chi connectivity index (χ2n) is 2.14. The summed E-state index contributed by atoms with van der Waals surface area (Å²) in [4.78, 5) is 28.5. The zero-order valence-electron chi connectivity index (χ0n) is 8.81. The maximum absolute atomic E-state index is 8.70. The maximum Gasteiger partial charge on any atom is 0.692 e. The van der Waals surface area contributed by atoms with Gasteiger partial charge in [-0.05, 0) is 12.8 Å². The summed E-state index contributed by atoms with van der Waals surface area (Å²) in [5.74, 6) is -0.505. The van der Waals surface area contributed by atoms with Gasteiger partial charge in [0.15, 0.2) is 0 Å². The average molecular weight is 278 g/mol. The van der Waals surface area contributed by atoms with Crippen LogP contribution in [0.15, 0.2) is 11.5 Å². The molecule has 0 spiro atoms. The van der Waals surface area contributed by atoms with E-state index in [2.05, 4.69) is 0 Å². The van der Waals surface area contributed by atoms with Crippen LogP contribution in [0.5, 0.6) is 0 Å². The van der Waals surface area contributed by atoms with Gasteiger partial charge in [-0.3, -0.25) is 0 Å². The zero-order chi connectivity index (χ0) is 13.7. The van der Waals surface area contributed by atoms with Crippen LogP contribution in [-0.4, -0.2) is 29.8 Å². The fraction of sp³-hybridized carbons (Fsp3) is 0.667. The van der Waals surface area contributed by atoms with Crippen LogP contribution in [-0.2, 0) is 9.13 Å². The van der Waals surface area contributed by atoms with Crippen LogP contribution in [0.2, 0.25) is 0 Å². The third-order valence-corrected chi connectivity index (χ3v) is 1.17. The quantitative estimate of drug-likeness (QED) is 0.327. The molecule has 0 atom stereocenters. The molecule has 0 amide bonds. The summed E-state index contributed by atoms with van der Waals surface area (Å²) in [6.07, 6.45) is 1.44.